The molecule has 1 N–H and O–H groups in total. The zero-order valence-corrected chi connectivity index (χ0v) is 13.3. The van der Waals surface area contributed by atoms with Crippen LogP contribution in [0.25, 0.3) is 0 Å². The summed E-state index contributed by atoms with van der Waals surface area (Å²) in [5.41, 5.74) is 0.384. The summed E-state index contributed by atoms with van der Waals surface area (Å²) < 4.78 is 15.7. The number of ether oxygens (including phenoxy) is 3. The normalized spacial score (nSPS) is 9.41. The second-order valence-corrected chi connectivity index (χ2v) is 4.08. The lowest BCUT2D eigenvalue weighted by molar-refractivity contribution is 0.102. The lowest BCUT2D eigenvalue weighted by Gasteiger charge is -2.13. The topological polar surface area (TPSA) is 69.7 Å². The number of methoxy groups -OCH3 is 3. The first-order valence-corrected chi connectivity index (χ1v) is 6.22. The minimum atomic E-state index is -0.312. The van der Waals surface area contributed by atoms with Gasteiger partial charge in [0, 0.05) is 11.8 Å². The van der Waals surface area contributed by atoms with E-state index in [2.05, 4.69) is 10.3 Å². The minimum absolute atomic E-state index is 0. The molecule has 6 nitrogen and oxygen atoms in total. The molecule has 0 radical (unpaired) electrons. The fourth-order valence-corrected chi connectivity index (χ4v) is 1.84. The molecule has 1 heterocycles. The van der Waals surface area contributed by atoms with Crippen LogP contribution in [0.15, 0.2) is 36.5 Å². The smallest absolute Gasteiger partial charge is 0.257 e. The molecule has 0 unspecified atom stereocenters. The molecule has 1 aromatic heterocycles. The van der Waals surface area contributed by atoms with E-state index in [9.17, 15) is 4.79 Å². The Morgan fingerprint density at radius 2 is 1.68 bits per heavy atom. The highest BCUT2D eigenvalue weighted by Gasteiger charge is 2.17. The molecule has 118 valence electrons. The Morgan fingerprint density at radius 1 is 1.05 bits per heavy atom. The molecule has 2 rings (SSSR count). The first-order chi connectivity index (χ1) is 10.2. The van der Waals surface area contributed by atoms with Gasteiger partial charge >= 0.3 is 0 Å². The molecule has 1 aromatic carbocycles. The second-order valence-electron chi connectivity index (χ2n) is 4.08. The molecule has 0 aliphatic rings. The Morgan fingerprint density at radius 3 is 2.14 bits per heavy atom. The standard InChI is InChI=1S/C15H16N2O4.ClH/c1-19-11-8-10(9-12(20-2)14(11)21-3)15(18)17-13-6-4-5-7-16-13;/h4-9H,1-3H3,(H,16,17,18);1H. The monoisotopic (exact) mass is 324 g/mol. The van der Waals surface area contributed by atoms with E-state index >= 15 is 0 Å². The maximum absolute atomic E-state index is 12.2. The zero-order valence-electron chi connectivity index (χ0n) is 12.5. The van der Waals surface area contributed by atoms with Gasteiger partial charge in [0.1, 0.15) is 5.82 Å². The maximum atomic E-state index is 12.2. The molecular weight excluding hydrogens is 308 g/mol. The number of aromatic nitrogens is 1. The number of rotatable bonds is 5. The Kier molecular flexibility index (Phi) is 6.47. The number of hydrogen-bond donors (Lipinski definition) is 1. The van der Waals surface area contributed by atoms with Crippen molar-refractivity contribution in [3.05, 3.63) is 42.1 Å². The van der Waals surface area contributed by atoms with Gasteiger partial charge in [-0.3, -0.25) is 4.79 Å². The van der Waals surface area contributed by atoms with E-state index in [-0.39, 0.29) is 18.3 Å². The number of benzene rings is 1. The Hall–Kier alpha value is -2.47. The highest BCUT2D eigenvalue weighted by Crippen LogP contribution is 2.38. The van der Waals surface area contributed by atoms with Gasteiger partial charge in [0.25, 0.3) is 5.91 Å². The van der Waals surface area contributed by atoms with Gasteiger partial charge in [-0.15, -0.1) is 12.4 Å². The third-order valence-electron chi connectivity index (χ3n) is 2.83. The predicted molar refractivity (Wildman–Crippen MR) is 85.5 cm³/mol. The van der Waals surface area contributed by atoms with E-state index in [1.807, 2.05) is 0 Å². The van der Waals surface area contributed by atoms with Crippen LogP contribution in [0.5, 0.6) is 17.2 Å². The van der Waals surface area contributed by atoms with Crippen molar-refractivity contribution in [1.29, 1.82) is 0 Å². The summed E-state index contributed by atoms with van der Waals surface area (Å²) in [5.74, 6) is 1.43. The highest BCUT2D eigenvalue weighted by atomic mass is 35.5. The van der Waals surface area contributed by atoms with Crippen molar-refractivity contribution in [3.8, 4) is 17.2 Å². The van der Waals surface area contributed by atoms with Crippen LogP contribution in [-0.4, -0.2) is 32.2 Å². The van der Waals surface area contributed by atoms with Gasteiger partial charge in [-0.1, -0.05) is 6.07 Å². The minimum Gasteiger partial charge on any atom is -0.493 e. The summed E-state index contributed by atoms with van der Waals surface area (Å²) >= 11 is 0. The summed E-state index contributed by atoms with van der Waals surface area (Å²) in [6, 6.07) is 8.43. The van der Waals surface area contributed by atoms with Gasteiger partial charge in [-0.25, -0.2) is 4.98 Å². The summed E-state index contributed by atoms with van der Waals surface area (Å²) in [7, 11) is 4.50. The van der Waals surface area contributed by atoms with E-state index in [0.717, 1.165) is 0 Å². The lowest BCUT2D eigenvalue weighted by Crippen LogP contribution is -2.13. The second kappa shape index (κ2) is 8.09. The van der Waals surface area contributed by atoms with Crippen LogP contribution in [-0.2, 0) is 0 Å². The number of nitrogens with zero attached hydrogens (tertiary/aromatic N) is 1. The van der Waals surface area contributed by atoms with Crippen molar-refractivity contribution in [2.45, 2.75) is 0 Å². The molecule has 0 saturated carbocycles. The molecule has 2 aromatic rings. The molecule has 0 fully saturated rings. The summed E-state index contributed by atoms with van der Waals surface area (Å²) in [6.07, 6.45) is 1.60. The SMILES string of the molecule is COc1cc(C(=O)Nc2ccccn2)cc(OC)c1OC.Cl. The van der Waals surface area contributed by atoms with Crippen LogP contribution in [0.1, 0.15) is 10.4 Å². The van der Waals surface area contributed by atoms with Crippen LogP contribution in [0.4, 0.5) is 5.82 Å². The number of amides is 1. The summed E-state index contributed by atoms with van der Waals surface area (Å²) in [6.45, 7) is 0. The highest BCUT2D eigenvalue weighted by molar-refractivity contribution is 6.04. The molecule has 0 bridgehead atoms. The van der Waals surface area contributed by atoms with Gasteiger partial charge < -0.3 is 19.5 Å². The zero-order chi connectivity index (χ0) is 15.2. The Bertz CT molecular complexity index is 610. The molecule has 0 aliphatic carbocycles. The fraction of sp³-hybridized carbons (Fsp3) is 0.200. The van der Waals surface area contributed by atoms with Crippen LogP contribution < -0.4 is 19.5 Å². The van der Waals surface area contributed by atoms with Crippen molar-refractivity contribution in [3.63, 3.8) is 0 Å². The van der Waals surface area contributed by atoms with E-state index in [1.165, 1.54) is 21.3 Å². The molecule has 22 heavy (non-hydrogen) atoms. The molecule has 7 heteroatoms. The first-order valence-electron chi connectivity index (χ1n) is 6.22. The van der Waals surface area contributed by atoms with Crippen LogP contribution in [0.3, 0.4) is 0 Å². The van der Waals surface area contributed by atoms with E-state index in [0.29, 0.717) is 28.6 Å². The van der Waals surface area contributed by atoms with Crippen molar-refractivity contribution in [1.82, 2.24) is 4.98 Å². The van der Waals surface area contributed by atoms with Crippen molar-refractivity contribution < 1.29 is 19.0 Å². The van der Waals surface area contributed by atoms with Gasteiger partial charge in [0.15, 0.2) is 11.5 Å². The third-order valence-corrected chi connectivity index (χ3v) is 2.83. The summed E-state index contributed by atoms with van der Waals surface area (Å²) in [4.78, 5) is 16.3. The molecule has 0 atom stereocenters. The predicted octanol–water partition coefficient (Wildman–Crippen LogP) is 2.78. The number of anilines is 1. The van der Waals surface area contributed by atoms with E-state index in [1.54, 1.807) is 36.5 Å². The average Bonchev–Trinajstić information content (AvgIpc) is 2.54. The number of halogens is 1. The fourth-order valence-electron chi connectivity index (χ4n) is 1.84. The largest absolute Gasteiger partial charge is 0.493 e. The third kappa shape index (κ3) is 3.79. The van der Waals surface area contributed by atoms with Crippen LogP contribution in [0, 0.1) is 0 Å². The Balaban J connectivity index is 0.00000242. The molecule has 1 amide bonds. The molecule has 0 saturated heterocycles. The summed E-state index contributed by atoms with van der Waals surface area (Å²) in [5, 5.41) is 2.70. The number of nitrogens with one attached hydrogen (secondary N) is 1. The van der Waals surface area contributed by atoms with Crippen LogP contribution in [0.2, 0.25) is 0 Å². The maximum Gasteiger partial charge on any atom is 0.257 e. The quantitative estimate of drug-likeness (QED) is 0.915. The van der Waals surface area contributed by atoms with Gasteiger partial charge in [-0.05, 0) is 24.3 Å². The van der Waals surface area contributed by atoms with E-state index in [4.69, 9.17) is 14.2 Å². The molecule has 0 spiro atoms. The van der Waals surface area contributed by atoms with Gasteiger partial charge in [-0.2, -0.15) is 0 Å². The van der Waals surface area contributed by atoms with Gasteiger partial charge in [0.05, 0.1) is 21.3 Å². The van der Waals surface area contributed by atoms with Crippen LogP contribution >= 0.6 is 12.4 Å². The average molecular weight is 325 g/mol. The number of carbonyl (C=O) groups excluding carboxylic acids is 1. The lowest BCUT2D eigenvalue weighted by atomic mass is 10.1. The molecular formula is C15H17ClN2O4. The van der Waals surface area contributed by atoms with Crippen molar-refractivity contribution >= 4 is 24.1 Å². The molecule has 0 aliphatic heterocycles. The number of carbonyl (C=O) groups is 1. The van der Waals surface area contributed by atoms with Gasteiger partial charge in [0.2, 0.25) is 5.75 Å². The number of hydrogen-bond acceptors (Lipinski definition) is 5. The Labute approximate surface area is 134 Å². The van der Waals surface area contributed by atoms with E-state index < -0.39 is 0 Å². The first kappa shape index (κ1) is 17.6. The van der Waals surface area contributed by atoms with Crippen molar-refractivity contribution in [2.75, 3.05) is 26.6 Å². The number of pyridine rings is 1. The van der Waals surface area contributed by atoms with Crippen molar-refractivity contribution in [2.24, 2.45) is 0 Å².